The number of nitrogens with two attached hydrogens (primary N) is 1. The molecule has 0 aliphatic carbocycles. The van der Waals surface area contributed by atoms with Gasteiger partial charge in [0.05, 0.1) is 18.8 Å². The van der Waals surface area contributed by atoms with E-state index in [1.54, 1.807) is 0 Å². The Hall–Kier alpha value is -1.62. The predicted molar refractivity (Wildman–Crippen MR) is 60.0 cm³/mol. The van der Waals surface area contributed by atoms with Crippen LogP contribution in [0, 0.1) is 11.7 Å². The van der Waals surface area contributed by atoms with Gasteiger partial charge in [-0.15, -0.1) is 0 Å². The van der Waals surface area contributed by atoms with Crippen LogP contribution in [0.1, 0.15) is 16.8 Å². The molecule has 1 atom stereocenters. The molecule has 0 bridgehead atoms. The third kappa shape index (κ3) is 3.17. The van der Waals surface area contributed by atoms with Crippen LogP contribution in [0.4, 0.5) is 10.1 Å². The number of benzene rings is 1. The van der Waals surface area contributed by atoms with Crippen LogP contribution in [-0.4, -0.2) is 25.8 Å². The van der Waals surface area contributed by atoms with Crippen molar-refractivity contribution in [3.05, 3.63) is 29.6 Å². The predicted octanol–water partition coefficient (Wildman–Crippen LogP) is 1.60. The zero-order valence-electron chi connectivity index (χ0n) is 9.32. The van der Waals surface area contributed by atoms with Crippen LogP contribution in [0.3, 0.4) is 0 Å². The van der Waals surface area contributed by atoms with Crippen molar-refractivity contribution in [2.24, 2.45) is 5.92 Å². The van der Waals surface area contributed by atoms with Crippen molar-refractivity contribution < 1.29 is 18.7 Å². The van der Waals surface area contributed by atoms with Gasteiger partial charge in [-0.05, 0) is 24.6 Å². The molecule has 0 aromatic heterocycles. The lowest BCUT2D eigenvalue weighted by Crippen LogP contribution is -2.14. The summed E-state index contributed by atoms with van der Waals surface area (Å²) in [6, 6.07) is 3.67. The average Bonchev–Trinajstić information content (AvgIpc) is 2.77. The Bertz CT molecular complexity index is 396. The van der Waals surface area contributed by atoms with Gasteiger partial charge >= 0.3 is 5.97 Å². The summed E-state index contributed by atoms with van der Waals surface area (Å²) in [5.41, 5.74) is 5.80. The number of carbonyl (C=O) groups is 1. The summed E-state index contributed by atoms with van der Waals surface area (Å²) in [5, 5.41) is 0. The number of rotatable bonds is 3. The van der Waals surface area contributed by atoms with Crippen molar-refractivity contribution in [1.29, 1.82) is 0 Å². The second-order valence-corrected chi connectivity index (χ2v) is 4.10. The Morgan fingerprint density at radius 2 is 2.35 bits per heavy atom. The molecule has 1 aliphatic heterocycles. The SMILES string of the molecule is Nc1cc(F)cc(C(=O)OCC2CCOC2)c1. The summed E-state index contributed by atoms with van der Waals surface area (Å²) in [5.74, 6) is -0.853. The standard InChI is InChI=1S/C12H14FNO3/c13-10-3-9(4-11(14)5-10)12(15)17-7-8-1-2-16-6-8/h3-5,8H,1-2,6-7,14H2. The van der Waals surface area contributed by atoms with Crippen molar-refractivity contribution >= 4 is 11.7 Å². The van der Waals surface area contributed by atoms with Crippen LogP contribution in [0.2, 0.25) is 0 Å². The first-order chi connectivity index (χ1) is 8.15. The van der Waals surface area contributed by atoms with Gasteiger partial charge in [0.1, 0.15) is 5.82 Å². The highest BCUT2D eigenvalue weighted by Crippen LogP contribution is 2.15. The number of ether oxygens (including phenoxy) is 2. The number of nitrogen functional groups attached to an aromatic ring is 1. The zero-order chi connectivity index (χ0) is 12.3. The van der Waals surface area contributed by atoms with E-state index in [0.29, 0.717) is 19.8 Å². The van der Waals surface area contributed by atoms with Crippen LogP contribution in [-0.2, 0) is 9.47 Å². The molecular weight excluding hydrogens is 225 g/mol. The highest BCUT2D eigenvalue weighted by Gasteiger charge is 2.18. The molecule has 1 saturated heterocycles. The lowest BCUT2D eigenvalue weighted by atomic mass is 10.1. The maximum absolute atomic E-state index is 13.0. The first-order valence-electron chi connectivity index (χ1n) is 5.46. The van der Waals surface area contributed by atoms with E-state index in [9.17, 15) is 9.18 Å². The molecular formula is C12H14FNO3. The van der Waals surface area contributed by atoms with Gasteiger partial charge in [0.2, 0.25) is 0 Å². The number of halogens is 1. The highest BCUT2D eigenvalue weighted by atomic mass is 19.1. The number of hydrogen-bond donors (Lipinski definition) is 1. The molecule has 1 heterocycles. The Balaban J connectivity index is 1.94. The molecule has 4 nitrogen and oxygen atoms in total. The average molecular weight is 239 g/mol. The first-order valence-corrected chi connectivity index (χ1v) is 5.46. The topological polar surface area (TPSA) is 61.6 Å². The summed E-state index contributed by atoms with van der Waals surface area (Å²) in [6.45, 7) is 1.61. The summed E-state index contributed by atoms with van der Waals surface area (Å²) in [4.78, 5) is 11.6. The van der Waals surface area contributed by atoms with Gasteiger partial charge in [0.15, 0.2) is 0 Å². The highest BCUT2D eigenvalue weighted by molar-refractivity contribution is 5.90. The third-order valence-corrected chi connectivity index (χ3v) is 2.63. The van der Waals surface area contributed by atoms with E-state index in [0.717, 1.165) is 18.6 Å². The van der Waals surface area contributed by atoms with E-state index in [-0.39, 0.29) is 17.2 Å². The van der Waals surface area contributed by atoms with E-state index in [1.165, 1.54) is 6.07 Å². The number of anilines is 1. The van der Waals surface area contributed by atoms with Gasteiger partial charge < -0.3 is 15.2 Å². The van der Waals surface area contributed by atoms with Gasteiger partial charge in [-0.1, -0.05) is 0 Å². The molecule has 1 aromatic carbocycles. The Kier molecular flexibility index (Phi) is 3.58. The van der Waals surface area contributed by atoms with Crippen LogP contribution < -0.4 is 5.73 Å². The fourth-order valence-electron chi connectivity index (χ4n) is 1.72. The minimum absolute atomic E-state index is 0.140. The smallest absolute Gasteiger partial charge is 0.338 e. The summed E-state index contributed by atoms with van der Waals surface area (Å²) in [7, 11) is 0. The minimum Gasteiger partial charge on any atom is -0.462 e. The Morgan fingerprint density at radius 3 is 3.00 bits per heavy atom. The lowest BCUT2D eigenvalue weighted by Gasteiger charge is -2.09. The number of esters is 1. The summed E-state index contributed by atoms with van der Waals surface area (Å²) in [6.07, 6.45) is 0.887. The number of carbonyl (C=O) groups excluding carboxylic acids is 1. The van der Waals surface area contributed by atoms with E-state index in [4.69, 9.17) is 15.2 Å². The van der Waals surface area contributed by atoms with Crippen molar-refractivity contribution in [1.82, 2.24) is 0 Å². The van der Waals surface area contributed by atoms with E-state index >= 15 is 0 Å². The summed E-state index contributed by atoms with van der Waals surface area (Å²) >= 11 is 0. The quantitative estimate of drug-likeness (QED) is 0.643. The molecule has 17 heavy (non-hydrogen) atoms. The van der Waals surface area contributed by atoms with E-state index in [2.05, 4.69) is 0 Å². The molecule has 5 heteroatoms. The summed E-state index contributed by atoms with van der Waals surface area (Å²) < 4.78 is 23.3. The van der Waals surface area contributed by atoms with Gasteiger partial charge in [-0.3, -0.25) is 0 Å². The number of hydrogen-bond acceptors (Lipinski definition) is 4. The first kappa shape index (κ1) is 11.9. The molecule has 2 N–H and O–H groups in total. The van der Waals surface area contributed by atoms with E-state index in [1.807, 2.05) is 0 Å². The van der Waals surface area contributed by atoms with Crippen molar-refractivity contribution in [2.75, 3.05) is 25.6 Å². The van der Waals surface area contributed by atoms with Gasteiger partial charge in [0, 0.05) is 18.2 Å². The second kappa shape index (κ2) is 5.14. The fraction of sp³-hybridized carbons (Fsp3) is 0.417. The Morgan fingerprint density at radius 1 is 1.53 bits per heavy atom. The van der Waals surface area contributed by atoms with Crippen molar-refractivity contribution in [2.45, 2.75) is 6.42 Å². The van der Waals surface area contributed by atoms with Gasteiger partial charge in [-0.25, -0.2) is 9.18 Å². The van der Waals surface area contributed by atoms with Crippen LogP contribution in [0.5, 0.6) is 0 Å². The molecule has 92 valence electrons. The second-order valence-electron chi connectivity index (χ2n) is 4.10. The van der Waals surface area contributed by atoms with E-state index < -0.39 is 11.8 Å². The van der Waals surface area contributed by atoms with Crippen molar-refractivity contribution in [3.8, 4) is 0 Å². The minimum atomic E-state index is -0.553. The monoisotopic (exact) mass is 239 g/mol. The van der Waals surface area contributed by atoms with Crippen molar-refractivity contribution in [3.63, 3.8) is 0 Å². The van der Waals surface area contributed by atoms with Crippen LogP contribution in [0.15, 0.2) is 18.2 Å². The molecule has 0 amide bonds. The lowest BCUT2D eigenvalue weighted by molar-refractivity contribution is 0.0427. The molecule has 0 radical (unpaired) electrons. The fourth-order valence-corrected chi connectivity index (χ4v) is 1.72. The molecule has 0 spiro atoms. The molecule has 1 unspecified atom stereocenters. The van der Waals surface area contributed by atoms with Gasteiger partial charge in [-0.2, -0.15) is 0 Å². The largest absolute Gasteiger partial charge is 0.462 e. The molecule has 0 saturated carbocycles. The molecule has 1 aliphatic rings. The van der Waals surface area contributed by atoms with Crippen LogP contribution >= 0.6 is 0 Å². The molecule has 1 aromatic rings. The maximum Gasteiger partial charge on any atom is 0.338 e. The normalized spacial score (nSPS) is 19.2. The Labute approximate surface area is 98.5 Å². The molecule has 2 rings (SSSR count). The third-order valence-electron chi connectivity index (χ3n) is 2.63. The van der Waals surface area contributed by atoms with Gasteiger partial charge in [0.25, 0.3) is 0 Å². The maximum atomic E-state index is 13.0. The van der Waals surface area contributed by atoms with Crippen LogP contribution in [0.25, 0.3) is 0 Å². The zero-order valence-corrected chi connectivity index (χ0v) is 9.32. The molecule has 1 fully saturated rings.